The van der Waals surface area contributed by atoms with Crippen LogP contribution in [0.15, 0.2) is 11.1 Å². The molecule has 0 aromatic rings. The highest BCUT2D eigenvalue weighted by Crippen LogP contribution is 2.75. The Morgan fingerprint density at radius 3 is 2.26 bits per heavy atom. The molecule has 3 unspecified atom stereocenters. The molecule has 0 aromatic heterocycles. The van der Waals surface area contributed by atoms with E-state index in [0.717, 1.165) is 63.4 Å². The summed E-state index contributed by atoms with van der Waals surface area (Å²) >= 11 is 0. The molecule has 6 aliphatic carbocycles. The Bertz CT molecular complexity index is 1220. The zero-order chi connectivity index (χ0) is 31.2. The lowest BCUT2D eigenvalue weighted by atomic mass is 9.33. The van der Waals surface area contributed by atoms with Gasteiger partial charge >= 0.3 is 12.1 Å². The van der Waals surface area contributed by atoms with E-state index in [4.69, 9.17) is 9.47 Å². The maximum absolute atomic E-state index is 13.8. The number of hydrogen-bond acceptors (Lipinski definition) is 5. The zero-order valence-electron chi connectivity index (χ0n) is 28.2. The van der Waals surface area contributed by atoms with Crippen molar-refractivity contribution < 1.29 is 23.9 Å². The number of ether oxygens (including phenoxy) is 2. The van der Waals surface area contributed by atoms with Crippen molar-refractivity contribution in [1.29, 1.82) is 0 Å². The highest BCUT2D eigenvalue weighted by molar-refractivity contribution is 6.02. The van der Waals surface area contributed by atoms with Gasteiger partial charge in [0.15, 0.2) is 5.78 Å². The smallest absolute Gasteiger partial charge is 0.407 e. The van der Waals surface area contributed by atoms with Crippen LogP contribution in [0.4, 0.5) is 4.79 Å². The second kappa shape index (κ2) is 10.3. The first-order valence-corrected chi connectivity index (χ1v) is 17.5. The first-order chi connectivity index (χ1) is 20.1. The van der Waals surface area contributed by atoms with E-state index in [1.165, 1.54) is 18.4 Å². The van der Waals surface area contributed by atoms with Crippen LogP contribution in [-0.2, 0) is 19.1 Å². The van der Waals surface area contributed by atoms with Gasteiger partial charge in [0, 0.05) is 18.8 Å². The first-order valence-electron chi connectivity index (χ1n) is 17.5. The molecule has 1 amide bonds. The van der Waals surface area contributed by atoms with Gasteiger partial charge in [0.05, 0.1) is 12.1 Å². The number of carbonyl (C=O) groups is 3. The summed E-state index contributed by atoms with van der Waals surface area (Å²) in [6, 6.07) is 0. The van der Waals surface area contributed by atoms with Gasteiger partial charge in [0.1, 0.15) is 6.10 Å². The van der Waals surface area contributed by atoms with Crippen LogP contribution in [0.25, 0.3) is 0 Å². The quantitative estimate of drug-likeness (QED) is 0.313. The topological polar surface area (TPSA) is 81.7 Å². The lowest BCUT2D eigenvalue weighted by Crippen LogP contribution is -2.67. The number of esters is 1. The first kappa shape index (κ1) is 31.1. The van der Waals surface area contributed by atoms with Crippen molar-refractivity contribution in [3.8, 4) is 0 Å². The van der Waals surface area contributed by atoms with E-state index in [9.17, 15) is 14.4 Å². The summed E-state index contributed by atoms with van der Waals surface area (Å²) in [5.41, 5.74) is 1.93. The Balaban J connectivity index is 1.32. The maximum atomic E-state index is 13.8. The summed E-state index contributed by atoms with van der Waals surface area (Å²) < 4.78 is 11.6. The Morgan fingerprint density at radius 2 is 1.60 bits per heavy atom. The van der Waals surface area contributed by atoms with Gasteiger partial charge in [-0.15, -0.1) is 0 Å². The van der Waals surface area contributed by atoms with Gasteiger partial charge in [-0.1, -0.05) is 61.3 Å². The number of amides is 1. The minimum atomic E-state index is -0.605. The number of nitrogens with one attached hydrogen (secondary N) is 1. The lowest BCUT2D eigenvalue weighted by molar-refractivity contribution is -0.231. The monoisotopic (exact) mass is 595 g/mol. The molecule has 0 aromatic carbocycles. The fourth-order valence-corrected chi connectivity index (χ4v) is 12.1. The number of alkyl carbamates (subject to hydrolysis) is 1. The molecule has 6 aliphatic rings. The predicted molar refractivity (Wildman–Crippen MR) is 167 cm³/mol. The Labute approximate surface area is 259 Å². The van der Waals surface area contributed by atoms with E-state index in [1.807, 2.05) is 0 Å². The molecule has 6 heteroatoms. The van der Waals surface area contributed by atoms with Gasteiger partial charge < -0.3 is 14.8 Å². The van der Waals surface area contributed by atoms with Crippen LogP contribution in [0.1, 0.15) is 132 Å². The number of allylic oxidation sites excluding steroid dienone is 1. The predicted octanol–water partition coefficient (Wildman–Crippen LogP) is 8.18. The molecule has 0 heterocycles. The fourth-order valence-electron chi connectivity index (χ4n) is 12.1. The minimum Gasteiger partial charge on any atom is -0.462 e. The molecule has 0 saturated heterocycles. The van der Waals surface area contributed by atoms with Crippen LogP contribution >= 0.6 is 0 Å². The molecule has 5 fully saturated rings. The Hall–Kier alpha value is -1.85. The van der Waals surface area contributed by atoms with E-state index in [1.54, 1.807) is 6.92 Å². The molecule has 8 atom stereocenters. The van der Waals surface area contributed by atoms with Gasteiger partial charge in [-0.2, -0.15) is 0 Å². The number of carbonyl (C=O) groups excluding carboxylic acids is 3. The number of rotatable bonds is 6. The summed E-state index contributed by atoms with van der Waals surface area (Å²) in [6.07, 6.45) is 11.8. The van der Waals surface area contributed by atoms with Gasteiger partial charge in [0.2, 0.25) is 0 Å². The minimum absolute atomic E-state index is 0.0204. The third-order valence-corrected chi connectivity index (χ3v) is 14.5. The van der Waals surface area contributed by atoms with Crippen LogP contribution in [0, 0.1) is 51.2 Å². The number of hydrogen-bond donors (Lipinski definition) is 1. The van der Waals surface area contributed by atoms with Crippen molar-refractivity contribution in [2.24, 2.45) is 51.2 Å². The molecule has 6 rings (SSSR count). The van der Waals surface area contributed by atoms with Gasteiger partial charge in [-0.3, -0.25) is 9.59 Å². The molecule has 5 saturated carbocycles. The Morgan fingerprint density at radius 1 is 0.884 bits per heavy atom. The van der Waals surface area contributed by atoms with E-state index < -0.39 is 5.54 Å². The number of ketones is 1. The third kappa shape index (κ3) is 4.65. The molecule has 0 bridgehead atoms. The normalized spacial score (nSPS) is 43.3. The average molecular weight is 596 g/mol. The highest BCUT2D eigenvalue weighted by atomic mass is 16.5. The third-order valence-electron chi connectivity index (χ3n) is 14.5. The molecular weight excluding hydrogens is 538 g/mol. The highest BCUT2D eigenvalue weighted by Gasteiger charge is 2.70. The lowest BCUT2D eigenvalue weighted by Gasteiger charge is -2.72. The van der Waals surface area contributed by atoms with Crippen LogP contribution in [0.2, 0.25) is 0 Å². The number of fused-ring (bicyclic) bond motifs is 7. The molecule has 0 radical (unpaired) electrons. The van der Waals surface area contributed by atoms with Crippen molar-refractivity contribution in [3.63, 3.8) is 0 Å². The maximum Gasteiger partial charge on any atom is 0.407 e. The van der Waals surface area contributed by atoms with Crippen LogP contribution in [-0.4, -0.2) is 36.1 Å². The van der Waals surface area contributed by atoms with Crippen molar-refractivity contribution in [2.45, 2.75) is 144 Å². The van der Waals surface area contributed by atoms with E-state index in [2.05, 4.69) is 53.8 Å². The summed E-state index contributed by atoms with van der Waals surface area (Å²) in [6.45, 7) is 18.7. The van der Waals surface area contributed by atoms with Crippen LogP contribution in [0.5, 0.6) is 0 Å². The van der Waals surface area contributed by atoms with Gasteiger partial charge in [-0.05, 0) is 115 Å². The summed E-state index contributed by atoms with van der Waals surface area (Å²) in [7, 11) is 0. The van der Waals surface area contributed by atoms with E-state index in [0.29, 0.717) is 30.8 Å². The van der Waals surface area contributed by atoms with Crippen LogP contribution in [0.3, 0.4) is 0 Å². The van der Waals surface area contributed by atoms with E-state index in [-0.39, 0.29) is 57.4 Å². The average Bonchev–Trinajstić information content (AvgIpc) is 3.67. The van der Waals surface area contributed by atoms with Crippen molar-refractivity contribution in [3.05, 3.63) is 11.1 Å². The molecule has 0 spiro atoms. The molecular formula is C37H57NO5. The zero-order valence-corrected chi connectivity index (χ0v) is 28.2. The van der Waals surface area contributed by atoms with Gasteiger partial charge in [0.25, 0.3) is 0 Å². The fraction of sp³-hybridized carbons (Fsp3) is 0.865. The largest absolute Gasteiger partial charge is 0.462 e. The molecule has 0 aliphatic heterocycles. The summed E-state index contributed by atoms with van der Waals surface area (Å²) in [4.78, 5) is 39.0. The molecule has 240 valence electrons. The molecule has 6 nitrogen and oxygen atoms in total. The van der Waals surface area contributed by atoms with Crippen molar-refractivity contribution in [2.75, 3.05) is 6.61 Å². The van der Waals surface area contributed by atoms with Crippen molar-refractivity contribution in [1.82, 2.24) is 5.32 Å². The number of Topliss-reactive ketones (excluding diaryl/α,β-unsaturated/α-hetero) is 1. The van der Waals surface area contributed by atoms with Crippen LogP contribution < -0.4 is 5.32 Å². The molecule has 1 N–H and O–H groups in total. The van der Waals surface area contributed by atoms with Crippen molar-refractivity contribution >= 4 is 17.8 Å². The SMILES string of the molecule is CC(=O)O[C@H]1CC[C@@]2(C)C(CC[C@]3(C)C2CCC2C4=C(C(C)C)C(=O)C[C@]4(NC(=O)OCCC4CC4)CC[C@]23C)C1(C)C. The summed E-state index contributed by atoms with van der Waals surface area (Å²) in [5.74, 6) is 2.27. The molecule has 43 heavy (non-hydrogen) atoms. The van der Waals surface area contributed by atoms with E-state index >= 15 is 0 Å². The second-order valence-corrected chi connectivity index (χ2v) is 17.2. The second-order valence-electron chi connectivity index (χ2n) is 17.2. The standard InChI is InChI=1S/C37H57NO5/c1-22(2)30-26(40)21-37(38-32(41)42-20-15-24-9-10-24)19-18-35(7)25(31(30)37)11-12-28-34(6)16-14-29(43-23(3)39)33(4,5)27(34)13-17-36(28,35)8/h22,24-25,27-29H,9-21H2,1-8H3,(H,38,41)/t25?,27?,28?,29-,34-,35+,36+,37+/m0/s1. The van der Waals surface area contributed by atoms with Gasteiger partial charge in [-0.25, -0.2) is 4.79 Å². The Kier molecular flexibility index (Phi) is 7.49. The summed E-state index contributed by atoms with van der Waals surface area (Å²) in [5, 5.41) is 3.34.